The number of nitrogens with one attached hydrogen (secondary N) is 1. The molecule has 1 rings (SSSR count). The molecule has 0 amide bonds. The zero-order chi connectivity index (χ0) is 11.3. The second-order valence-electron chi connectivity index (χ2n) is 3.15. The van der Waals surface area contributed by atoms with Gasteiger partial charge < -0.3 is 15.6 Å². The third-order valence-corrected chi connectivity index (χ3v) is 1.86. The first-order chi connectivity index (χ1) is 7.15. The SMILES string of the molecule is CCCCOc1cnc(C(=N)N)c(O)c1. The van der Waals surface area contributed by atoms with Crippen LogP contribution in [0.1, 0.15) is 25.5 Å². The molecule has 15 heavy (non-hydrogen) atoms. The number of nitrogens with two attached hydrogens (primary N) is 1. The Hall–Kier alpha value is -1.78. The fourth-order valence-electron chi connectivity index (χ4n) is 1.06. The van der Waals surface area contributed by atoms with Crippen molar-refractivity contribution in [2.45, 2.75) is 19.8 Å². The number of amidine groups is 1. The highest BCUT2D eigenvalue weighted by atomic mass is 16.5. The number of ether oxygens (including phenoxy) is 1. The van der Waals surface area contributed by atoms with Crippen LogP contribution in [0.15, 0.2) is 12.3 Å². The molecular formula is C10H15N3O2. The van der Waals surface area contributed by atoms with Gasteiger partial charge in [-0.2, -0.15) is 0 Å². The number of pyridine rings is 1. The average molecular weight is 209 g/mol. The molecule has 1 heterocycles. The molecule has 0 fully saturated rings. The number of rotatable bonds is 5. The van der Waals surface area contributed by atoms with Crippen molar-refractivity contribution >= 4 is 5.84 Å². The van der Waals surface area contributed by atoms with E-state index in [1.54, 1.807) is 0 Å². The highest BCUT2D eigenvalue weighted by molar-refractivity contribution is 5.95. The van der Waals surface area contributed by atoms with Gasteiger partial charge in [0.15, 0.2) is 0 Å². The minimum absolute atomic E-state index is 0.0813. The minimum atomic E-state index is -0.257. The Bertz CT molecular complexity index is 353. The molecule has 0 spiro atoms. The summed E-state index contributed by atoms with van der Waals surface area (Å²) in [5.41, 5.74) is 5.29. The monoisotopic (exact) mass is 209 g/mol. The summed E-state index contributed by atoms with van der Waals surface area (Å²) in [5, 5.41) is 16.6. The topological polar surface area (TPSA) is 92.2 Å². The van der Waals surface area contributed by atoms with Crippen LogP contribution >= 0.6 is 0 Å². The molecule has 0 saturated carbocycles. The Kier molecular flexibility index (Phi) is 3.91. The van der Waals surface area contributed by atoms with Gasteiger partial charge in [0.2, 0.25) is 0 Å². The van der Waals surface area contributed by atoms with Crippen LogP contribution in [0.4, 0.5) is 0 Å². The van der Waals surface area contributed by atoms with Gasteiger partial charge in [0.1, 0.15) is 23.0 Å². The Balaban J connectivity index is 2.69. The Morgan fingerprint density at radius 2 is 2.40 bits per heavy atom. The van der Waals surface area contributed by atoms with E-state index in [0.29, 0.717) is 12.4 Å². The van der Waals surface area contributed by atoms with Gasteiger partial charge in [0, 0.05) is 6.07 Å². The van der Waals surface area contributed by atoms with E-state index in [2.05, 4.69) is 11.9 Å². The van der Waals surface area contributed by atoms with Gasteiger partial charge in [-0.3, -0.25) is 5.41 Å². The van der Waals surface area contributed by atoms with Gasteiger partial charge in [0.25, 0.3) is 0 Å². The third-order valence-electron chi connectivity index (χ3n) is 1.86. The van der Waals surface area contributed by atoms with Crippen LogP contribution in [-0.2, 0) is 0 Å². The van der Waals surface area contributed by atoms with Crippen molar-refractivity contribution in [3.8, 4) is 11.5 Å². The van der Waals surface area contributed by atoms with Crippen molar-refractivity contribution in [3.63, 3.8) is 0 Å². The lowest BCUT2D eigenvalue weighted by Crippen LogP contribution is -2.13. The Morgan fingerprint density at radius 3 is 2.93 bits per heavy atom. The molecule has 5 heteroatoms. The van der Waals surface area contributed by atoms with E-state index in [1.807, 2.05) is 0 Å². The summed E-state index contributed by atoms with van der Waals surface area (Å²) in [5.74, 6) is 0.107. The molecule has 82 valence electrons. The van der Waals surface area contributed by atoms with Crippen molar-refractivity contribution in [1.82, 2.24) is 4.98 Å². The maximum atomic E-state index is 9.45. The fraction of sp³-hybridized carbons (Fsp3) is 0.400. The molecule has 1 aromatic rings. The van der Waals surface area contributed by atoms with Crippen molar-refractivity contribution < 1.29 is 9.84 Å². The first-order valence-electron chi connectivity index (χ1n) is 4.81. The van der Waals surface area contributed by atoms with Crippen LogP contribution in [0.5, 0.6) is 11.5 Å². The molecule has 0 saturated heterocycles. The van der Waals surface area contributed by atoms with Gasteiger partial charge >= 0.3 is 0 Å². The number of unbranched alkanes of at least 4 members (excludes halogenated alkanes) is 1. The first-order valence-corrected chi connectivity index (χ1v) is 4.81. The summed E-state index contributed by atoms with van der Waals surface area (Å²) in [7, 11) is 0. The van der Waals surface area contributed by atoms with Gasteiger partial charge in [-0.15, -0.1) is 0 Å². The lowest BCUT2D eigenvalue weighted by Gasteiger charge is -2.06. The van der Waals surface area contributed by atoms with Crippen molar-refractivity contribution in [1.29, 1.82) is 5.41 Å². The molecule has 4 N–H and O–H groups in total. The molecule has 0 radical (unpaired) electrons. The predicted octanol–water partition coefficient (Wildman–Crippen LogP) is 1.25. The maximum Gasteiger partial charge on any atom is 0.148 e. The first kappa shape index (κ1) is 11.3. The number of aromatic hydroxyl groups is 1. The molecule has 0 aliphatic rings. The normalized spacial score (nSPS) is 9.93. The van der Waals surface area contributed by atoms with Crippen LogP contribution in [0.2, 0.25) is 0 Å². The standard InChI is InChI=1S/C10H15N3O2/c1-2-3-4-15-7-5-8(14)9(10(11)12)13-6-7/h5-6,14H,2-4H2,1H3,(H3,11,12). The third kappa shape index (κ3) is 3.12. The van der Waals surface area contributed by atoms with E-state index in [9.17, 15) is 5.11 Å². The summed E-state index contributed by atoms with van der Waals surface area (Å²) in [6.07, 6.45) is 3.45. The number of nitrogens with zero attached hydrogens (tertiary/aromatic N) is 1. The lowest BCUT2D eigenvalue weighted by molar-refractivity contribution is 0.306. The zero-order valence-corrected chi connectivity index (χ0v) is 8.66. The Labute approximate surface area is 88.4 Å². The van der Waals surface area contributed by atoms with Gasteiger partial charge in [-0.1, -0.05) is 13.3 Å². The number of hydrogen-bond donors (Lipinski definition) is 3. The number of hydrogen-bond acceptors (Lipinski definition) is 4. The molecule has 0 unspecified atom stereocenters. The molecule has 0 bridgehead atoms. The summed E-state index contributed by atoms with van der Waals surface area (Å²) >= 11 is 0. The molecule has 5 nitrogen and oxygen atoms in total. The van der Waals surface area contributed by atoms with Gasteiger partial charge in [-0.25, -0.2) is 4.98 Å². The predicted molar refractivity (Wildman–Crippen MR) is 57.3 cm³/mol. The van der Waals surface area contributed by atoms with Crippen LogP contribution < -0.4 is 10.5 Å². The van der Waals surface area contributed by atoms with E-state index in [4.69, 9.17) is 15.9 Å². The van der Waals surface area contributed by atoms with Gasteiger partial charge in [0.05, 0.1) is 12.8 Å². The zero-order valence-electron chi connectivity index (χ0n) is 8.66. The van der Waals surface area contributed by atoms with E-state index in [1.165, 1.54) is 12.3 Å². The van der Waals surface area contributed by atoms with Crippen molar-refractivity contribution in [2.75, 3.05) is 6.61 Å². The minimum Gasteiger partial charge on any atom is -0.505 e. The summed E-state index contributed by atoms with van der Waals surface area (Å²) in [6, 6.07) is 1.42. The highest BCUT2D eigenvalue weighted by Crippen LogP contribution is 2.20. The average Bonchev–Trinajstić information content (AvgIpc) is 2.17. The maximum absolute atomic E-state index is 9.45. The second-order valence-corrected chi connectivity index (χ2v) is 3.15. The number of aromatic nitrogens is 1. The highest BCUT2D eigenvalue weighted by Gasteiger charge is 2.07. The van der Waals surface area contributed by atoms with Crippen LogP contribution in [0, 0.1) is 5.41 Å². The van der Waals surface area contributed by atoms with Crippen molar-refractivity contribution in [3.05, 3.63) is 18.0 Å². The summed E-state index contributed by atoms with van der Waals surface area (Å²) in [4.78, 5) is 3.83. The van der Waals surface area contributed by atoms with Crippen LogP contribution in [-0.4, -0.2) is 22.5 Å². The molecular weight excluding hydrogens is 194 g/mol. The number of nitrogen functional groups attached to an aromatic ring is 1. The van der Waals surface area contributed by atoms with Gasteiger partial charge in [-0.05, 0) is 6.42 Å². The lowest BCUT2D eigenvalue weighted by atomic mass is 10.3. The van der Waals surface area contributed by atoms with Crippen LogP contribution in [0.25, 0.3) is 0 Å². The quantitative estimate of drug-likeness (QED) is 0.386. The molecule has 0 aliphatic carbocycles. The molecule has 0 atom stereocenters. The summed E-state index contributed by atoms with van der Waals surface area (Å²) in [6.45, 7) is 2.66. The smallest absolute Gasteiger partial charge is 0.148 e. The Morgan fingerprint density at radius 1 is 1.67 bits per heavy atom. The van der Waals surface area contributed by atoms with E-state index in [0.717, 1.165) is 12.8 Å². The summed E-state index contributed by atoms with van der Waals surface area (Å²) < 4.78 is 5.33. The van der Waals surface area contributed by atoms with E-state index < -0.39 is 0 Å². The second kappa shape index (κ2) is 5.19. The van der Waals surface area contributed by atoms with Crippen molar-refractivity contribution in [2.24, 2.45) is 5.73 Å². The molecule has 0 aliphatic heterocycles. The van der Waals surface area contributed by atoms with E-state index >= 15 is 0 Å². The molecule has 1 aromatic heterocycles. The fourth-order valence-corrected chi connectivity index (χ4v) is 1.06. The van der Waals surface area contributed by atoms with Crippen LogP contribution in [0.3, 0.4) is 0 Å². The molecule has 0 aromatic carbocycles. The largest absolute Gasteiger partial charge is 0.505 e. The van der Waals surface area contributed by atoms with E-state index in [-0.39, 0.29) is 17.3 Å².